The van der Waals surface area contributed by atoms with Crippen LogP contribution in [0.4, 0.5) is 0 Å². The quantitative estimate of drug-likeness (QED) is 0.643. The molecule has 1 heteroatoms. The Bertz CT molecular complexity index is 221. The highest BCUT2D eigenvalue weighted by molar-refractivity contribution is 8.04. The summed E-state index contributed by atoms with van der Waals surface area (Å²) in [5.74, 6) is 3.71. The van der Waals surface area contributed by atoms with Crippen molar-refractivity contribution in [3.63, 3.8) is 0 Å². The molecule has 73 valence electrons. The third-order valence-electron chi connectivity index (χ3n) is 2.16. The molecule has 0 aromatic heterocycles. The molecule has 0 atom stereocenters. The molecule has 0 amide bonds. The fourth-order valence-corrected chi connectivity index (χ4v) is 2.43. The van der Waals surface area contributed by atoms with Crippen molar-refractivity contribution < 1.29 is 0 Å². The average molecular weight is 195 g/mol. The molecule has 0 N–H and O–H groups in total. The van der Waals surface area contributed by atoms with Crippen LogP contribution >= 0.6 is 11.8 Å². The lowest BCUT2D eigenvalue weighted by molar-refractivity contribution is 0.637. The lowest BCUT2D eigenvalue weighted by Crippen LogP contribution is -2.02. The minimum atomic E-state index is 0.659. The van der Waals surface area contributed by atoms with Crippen LogP contribution in [0.3, 0.4) is 0 Å². The van der Waals surface area contributed by atoms with Crippen molar-refractivity contribution in [1.82, 2.24) is 0 Å². The molecule has 1 aliphatic rings. The Kier molecular flexibility index (Phi) is 4.11. The van der Waals surface area contributed by atoms with Crippen molar-refractivity contribution in [2.24, 2.45) is 11.8 Å². The molecule has 1 rings (SSSR count). The van der Waals surface area contributed by atoms with Crippen LogP contribution in [0.1, 0.15) is 34.1 Å². The second kappa shape index (κ2) is 4.90. The van der Waals surface area contributed by atoms with E-state index in [1.807, 2.05) is 0 Å². The lowest BCUT2D eigenvalue weighted by atomic mass is 9.93. The predicted octanol–water partition coefficient (Wildman–Crippen LogP) is 4.41. The molecule has 0 nitrogen and oxygen atoms in total. The first kappa shape index (κ1) is 10.9. The Morgan fingerprint density at radius 1 is 1.23 bits per heavy atom. The Morgan fingerprint density at radius 3 is 2.46 bits per heavy atom. The molecule has 0 unspecified atom stereocenters. The first-order valence-corrected chi connectivity index (χ1v) is 5.93. The Hall–Kier alpha value is -0.170. The minimum Gasteiger partial charge on any atom is -0.125 e. The maximum absolute atomic E-state index is 2.29. The summed E-state index contributed by atoms with van der Waals surface area (Å²) in [4.78, 5) is 0. The van der Waals surface area contributed by atoms with Gasteiger partial charge < -0.3 is 0 Å². The van der Waals surface area contributed by atoms with Gasteiger partial charge in [0.05, 0.1) is 0 Å². The fraction of sp³-hybridized carbons (Fsp3) is 0.583. The molecular weight excluding hydrogens is 176 g/mol. The van der Waals surface area contributed by atoms with Gasteiger partial charge in [0.25, 0.3) is 0 Å². The Morgan fingerprint density at radius 2 is 1.92 bits per heavy atom. The van der Waals surface area contributed by atoms with Gasteiger partial charge in [0.15, 0.2) is 0 Å². The highest BCUT2D eigenvalue weighted by Crippen LogP contribution is 2.33. The molecule has 0 fully saturated rings. The van der Waals surface area contributed by atoms with E-state index in [9.17, 15) is 0 Å². The predicted molar refractivity (Wildman–Crippen MR) is 62.4 cm³/mol. The van der Waals surface area contributed by atoms with Crippen molar-refractivity contribution in [3.8, 4) is 0 Å². The smallest absolute Gasteiger partial charge is 0.0466 e. The molecular formula is C12H19S. The van der Waals surface area contributed by atoms with Crippen LogP contribution in [0.25, 0.3) is 0 Å². The standard InChI is InChI=1S/C12H19S/c1-9(2)7-11-5-6-13-8-12(11)10(3)4/h5-6,8-10H,7H2,1-4H3. The number of rotatable bonds is 3. The molecule has 1 aliphatic heterocycles. The van der Waals surface area contributed by atoms with Gasteiger partial charge in [0.1, 0.15) is 0 Å². The average Bonchev–Trinajstić information content (AvgIpc) is 2.03. The summed E-state index contributed by atoms with van der Waals surface area (Å²) in [7, 11) is 0. The van der Waals surface area contributed by atoms with Crippen LogP contribution in [-0.4, -0.2) is 0 Å². The highest BCUT2D eigenvalue weighted by Gasteiger charge is 2.13. The van der Waals surface area contributed by atoms with E-state index in [0.717, 1.165) is 5.92 Å². The molecule has 13 heavy (non-hydrogen) atoms. The molecule has 0 saturated carbocycles. The first-order valence-electron chi connectivity index (χ1n) is 4.99. The zero-order valence-corrected chi connectivity index (χ0v) is 9.82. The maximum Gasteiger partial charge on any atom is 0.0466 e. The molecule has 0 bridgehead atoms. The summed E-state index contributed by atoms with van der Waals surface area (Å²) in [6.07, 6.45) is 3.49. The van der Waals surface area contributed by atoms with Crippen molar-refractivity contribution in [2.75, 3.05) is 0 Å². The molecule has 0 saturated heterocycles. The zero-order chi connectivity index (χ0) is 9.84. The number of hydrogen-bond donors (Lipinski definition) is 0. The lowest BCUT2D eigenvalue weighted by Gasteiger charge is -2.19. The molecule has 0 aromatic rings. The minimum absolute atomic E-state index is 0.659. The molecule has 0 spiro atoms. The van der Waals surface area contributed by atoms with E-state index in [-0.39, 0.29) is 0 Å². The van der Waals surface area contributed by atoms with E-state index in [1.165, 1.54) is 17.6 Å². The highest BCUT2D eigenvalue weighted by atomic mass is 32.2. The van der Waals surface area contributed by atoms with E-state index in [0.29, 0.717) is 5.92 Å². The van der Waals surface area contributed by atoms with E-state index in [2.05, 4.69) is 44.9 Å². The zero-order valence-electron chi connectivity index (χ0n) is 9.00. The van der Waals surface area contributed by atoms with Gasteiger partial charge in [-0.3, -0.25) is 0 Å². The van der Waals surface area contributed by atoms with Crippen LogP contribution in [0.15, 0.2) is 22.6 Å². The SMILES string of the molecule is CC(C)CC1=C(C(C)C)[CH]SC=C1. The van der Waals surface area contributed by atoms with Gasteiger partial charge in [-0.15, -0.1) is 11.8 Å². The second-order valence-corrected chi connectivity index (χ2v) is 5.07. The summed E-state index contributed by atoms with van der Waals surface area (Å²) in [5, 5.41) is 2.18. The van der Waals surface area contributed by atoms with Crippen molar-refractivity contribution in [3.05, 3.63) is 28.4 Å². The number of hydrogen-bond acceptors (Lipinski definition) is 1. The van der Waals surface area contributed by atoms with Gasteiger partial charge in [-0.1, -0.05) is 33.8 Å². The third kappa shape index (κ3) is 3.22. The van der Waals surface area contributed by atoms with Gasteiger partial charge in [-0.25, -0.2) is 0 Å². The van der Waals surface area contributed by atoms with Crippen LogP contribution in [0, 0.1) is 17.6 Å². The number of allylic oxidation sites excluding steroid dienone is 2. The second-order valence-electron chi connectivity index (χ2n) is 4.29. The van der Waals surface area contributed by atoms with Gasteiger partial charge >= 0.3 is 0 Å². The molecule has 0 aliphatic carbocycles. The van der Waals surface area contributed by atoms with Gasteiger partial charge in [0, 0.05) is 5.75 Å². The van der Waals surface area contributed by atoms with Crippen LogP contribution in [0.2, 0.25) is 0 Å². The van der Waals surface area contributed by atoms with Gasteiger partial charge in [0.2, 0.25) is 0 Å². The van der Waals surface area contributed by atoms with Crippen molar-refractivity contribution in [1.29, 1.82) is 0 Å². The van der Waals surface area contributed by atoms with Crippen LogP contribution < -0.4 is 0 Å². The monoisotopic (exact) mass is 195 g/mol. The van der Waals surface area contributed by atoms with Crippen LogP contribution in [0.5, 0.6) is 0 Å². The molecule has 0 aromatic carbocycles. The van der Waals surface area contributed by atoms with E-state index < -0.39 is 0 Å². The summed E-state index contributed by atoms with van der Waals surface area (Å²) < 4.78 is 0. The summed E-state index contributed by atoms with van der Waals surface area (Å²) >= 11 is 1.80. The van der Waals surface area contributed by atoms with E-state index in [4.69, 9.17) is 0 Å². The van der Waals surface area contributed by atoms with Crippen LogP contribution in [-0.2, 0) is 0 Å². The fourth-order valence-electron chi connectivity index (χ4n) is 1.54. The normalized spacial score (nSPS) is 17.7. The summed E-state index contributed by atoms with van der Waals surface area (Å²) in [5.41, 5.74) is 3.06. The topological polar surface area (TPSA) is 0 Å². The summed E-state index contributed by atoms with van der Waals surface area (Å²) in [6.45, 7) is 9.10. The van der Waals surface area contributed by atoms with Gasteiger partial charge in [-0.2, -0.15) is 0 Å². The third-order valence-corrected chi connectivity index (χ3v) is 2.85. The maximum atomic E-state index is 2.29. The van der Waals surface area contributed by atoms with Crippen molar-refractivity contribution >= 4 is 11.8 Å². The van der Waals surface area contributed by atoms with E-state index >= 15 is 0 Å². The van der Waals surface area contributed by atoms with E-state index in [1.54, 1.807) is 11.8 Å². The Balaban J connectivity index is 2.78. The summed E-state index contributed by atoms with van der Waals surface area (Å²) in [6, 6.07) is 0. The largest absolute Gasteiger partial charge is 0.125 e. The Labute approximate surface area is 86.5 Å². The van der Waals surface area contributed by atoms with Crippen molar-refractivity contribution in [2.45, 2.75) is 34.1 Å². The molecule has 1 radical (unpaired) electrons. The number of thioether (sulfide) groups is 1. The molecule has 1 heterocycles. The van der Waals surface area contributed by atoms with Gasteiger partial charge in [-0.05, 0) is 34.8 Å². The first-order chi connectivity index (χ1) is 6.11.